The third-order valence-electron chi connectivity index (χ3n) is 6.23. The summed E-state index contributed by atoms with van der Waals surface area (Å²) in [6.07, 6.45) is 0.706. The van der Waals surface area contributed by atoms with Gasteiger partial charge in [0.1, 0.15) is 5.76 Å². The van der Waals surface area contributed by atoms with E-state index in [4.69, 9.17) is 4.74 Å². The van der Waals surface area contributed by atoms with E-state index in [0.29, 0.717) is 29.7 Å². The van der Waals surface area contributed by atoms with Crippen molar-refractivity contribution in [3.63, 3.8) is 0 Å². The van der Waals surface area contributed by atoms with Gasteiger partial charge >= 0.3 is 5.97 Å². The Hall–Kier alpha value is -4.79. The molecular weight excluding hydrogens is 488 g/mol. The van der Waals surface area contributed by atoms with Gasteiger partial charge in [-0.2, -0.15) is 0 Å². The fourth-order valence-electron chi connectivity index (χ4n) is 4.35. The summed E-state index contributed by atoms with van der Waals surface area (Å²) in [6.45, 7) is 4.14. The lowest BCUT2D eigenvalue weighted by atomic mass is 9.94. The first-order valence-corrected chi connectivity index (χ1v) is 12.1. The number of amides is 1. The summed E-state index contributed by atoms with van der Waals surface area (Å²) in [6, 6.07) is 18.1. The molecule has 38 heavy (non-hydrogen) atoms. The molecule has 1 fully saturated rings. The normalized spacial score (nSPS) is 16.5. The number of benzene rings is 3. The molecule has 0 spiro atoms. The highest BCUT2D eigenvalue weighted by molar-refractivity contribution is 6.46. The first-order chi connectivity index (χ1) is 18.2. The summed E-state index contributed by atoms with van der Waals surface area (Å²) in [5.74, 6) is -2.50. The molecule has 0 radical (unpaired) electrons. The second-order valence-corrected chi connectivity index (χ2v) is 8.98. The third-order valence-corrected chi connectivity index (χ3v) is 6.23. The first kappa shape index (κ1) is 26.3. The van der Waals surface area contributed by atoms with Gasteiger partial charge in [-0.25, -0.2) is 4.79 Å². The smallest absolute Gasteiger partial charge is 0.338 e. The van der Waals surface area contributed by atoms with Crippen LogP contribution < -0.4 is 0 Å². The fourth-order valence-corrected chi connectivity index (χ4v) is 4.35. The molecule has 1 heterocycles. The number of ether oxygens (including phenoxy) is 1. The summed E-state index contributed by atoms with van der Waals surface area (Å²) in [5, 5.41) is 22.2. The van der Waals surface area contributed by atoms with Gasteiger partial charge in [0.05, 0.1) is 28.7 Å². The van der Waals surface area contributed by atoms with Crippen LogP contribution in [0.4, 0.5) is 5.69 Å². The van der Waals surface area contributed by atoms with Crippen molar-refractivity contribution in [3.8, 4) is 0 Å². The Balaban J connectivity index is 1.73. The number of carbonyl (C=O) groups excluding carboxylic acids is 3. The average molecular weight is 515 g/mol. The Morgan fingerprint density at radius 2 is 1.68 bits per heavy atom. The molecular formula is C29H26N2O7. The van der Waals surface area contributed by atoms with E-state index in [2.05, 4.69) is 0 Å². The minimum absolute atomic E-state index is 0.0461. The van der Waals surface area contributed by atoms with Crippen LogP contribution in [0.1, 0.15) is 52.0 Å². The van der Waals surface area contributed by atoms with Gasteiger partial charge in [0.25, 0.3) is 17.4 Å². The predicted molar refractivity (Wildman–Crippen MR) is 139 cm³/mol. The number of carbonyl (C=O) groups is 3. The summed E-state index contributed by atoms with van der Waals surface area (Å²) in [4.78, 5) is 50.4. The Morgan fingerprint density at radius 3 is 2.29 bits per heavy atom. The number of likely N-dealkylation sites (tertiary alicyclic amines) is 1. The molecule has 1 aliphatic heterocycles. The van der Waals surface area contributed by atoms with Crippen molar-refractivity contribution in [2.45, 2.75) is 32.9 Å². The van der Waals surface area contributed by atoms with Crippen molar-refractivity contribution in [1.29, 1.82) is 0 Å². The number of ketones is 1. The maximum Gasteiger partial charge on any atom is 0.338 e. The Kier molecular flexibility index (Phi) is 7.66. The zero-order valence-corrected chi connectivity index (χ0v) is 20.9. The van der Waals surface area contributed by atoms with Gasteiger partial charge in [0, 0.05) is 24.2 Å². The SMILES string of the molecule is CCCOC(=O)c1ccc(CN2C(=O)C(=O)/C(=C(\O)c3ccc([N+](=O)[O-])cc3)C2c2cccc(C)c2)cc1. The molecule has 1 unspecified atom stereocenters. The van der Waals surface area contributed by atoms with Crippen LogP contribution in [0.25, 0.3) is 5.76 Å². The van der Waals surface area contributed by atoms with Crippen LogP contribution in [0, 0.1) is 17.0 Å². The largest absolute Gasteiger partial charge is 0.507 e. The predicted octanol–water partition coefficient (Wildman–Crippen LogP) is 5.09. The minimum Gasteiger partial charge on any atom is -0.507 e. The highest BCUT2D eigenvalue weighted by atomic mass is 16.6. The number of Topliss-reactive ketones (excluding diaryl/α,β-unsaturated/α-hetero) is 1. The quantitative estimate of drug-likeness (QED) is 0.111. The molecule has 0 bridgehead atoms. The van der Waals surface area contributed by atoms with E-state index >= 15 is 0 Å². The number of nitrogens with zero attached hydrogens (tertiary/aromatic N) is 2. The molecule has 0 aliphatic carbocycles. The number of non-ortho nitro benzene ring substituents is 1. The van der Waals surface area contributed by atoms with Gasteiger partial charge in [-0.05, 0) is 48.7 Å². The number of aliphatic hydroxyl groups is 1. The van der Waals surface area contributed by atoms with Crippen LogP contribution in [-0.4, -0.2) is 39.2 Å². The van der Waals surface area contributed by atoms with Gasteiger partial charge < -0.3 is 14.7 Å². The summed E-state index contributed by atoms with van der Waals surface area (Å²) < 4.78 is 5.15. The Morgan fingerprint density at radius 1 is 1.03 bits per heavy atom. The molecule has 1 aliphatic rings. The van der Waals surface area contributed by atoms with Crippen molar-refractivity contribution in [2.75, 3.05) is 6.61 Å². The lowest BCUT2D eigenvalue weighted by Crippen LogP contribution is -2.29. The van der Waals surface area contributed by atoms with E-state index in [1.807, 2.05) is 26.0 Å². The van der Waals surface area contributed by atoms with Gasteiger partial charge in [0.15, 0.2) is 0 Å². The molecule has 0 aromatic heterocycles. The number of aryl methyl sites for hydroxylation is 1. The molecule has 3 aromatic rings. The molecule has 0 saturated carbocycles. The van der Waals surface area contributed by atoms with Gasteiger partial charge in [-0.15, -0.1) is 0 Å². The highest BCUT2D eigenvalue weighted by Crippen LogP contribution is 2.40. The average Bonchev–Trinajstić information content (AvgIpc) is 3.16. The standard InChI is InChI=1S/C29H26N2O7/c1-3-15-38-29(35)21-9-7-19(8-10-21)17-30-25(22-6-4-5-18(2)16-22)24(27(33)28(30)34)26(32)20-11-13-23(14-12-20)31(36)37/h4-14,16,25,32H,3,15,17H2,1-2H3/b26-24-. The van der Waals surface area contributed by atoms with Crippen molar-refractivity contribution >= 4 is 29.1 Å². The molecule has 1 amide bonds. The summed E-state index contributed by atoms with van der Waals surface area (Å²) in [5.41, 5.74) is 2.49. The van der Waals surface area contributed by atoms with Gasteiger partial charge in [-0.3, -0.25) is 19.7 Å². The monoisotopic (exact) mass is 514 g/mol. The minimum atomic E-state index is -0.890. The first-order valence-electron chi connectivity index (χ1n) is 12.1. The Bertz CT molecular complexity index is 1430. The van der Waals surface area contributed by atoms with E-state index in [-0.39, 0.29) is 23.4 Å². The fraction of sp³-hybridized carbons (Fsp3) is 0.207. The van der Waals surface area contributed by atoms with E-state index in [1.165, 1.54) is 29.2 Å². The van der Waals surface area contributed by atoms with E-state index < -0.39 is 34.4 Å². The van der Waals surface area contributed by atoms with Crippen LogP contribution in [0.3, 0.4) is 0 Å². The third kappa shape index (κ3) is 5.31. The number of hydrogen-bond acceptors (Lipinski definition) is 7. The van der Waals surface area contributed by atoms with Crippen LogP contribution in [-0.2, 0) is 20.9 Å². The van der Waals surface area contributed by atoms with E-state index in [9.17, 15) is 29.6 Å². The number of nitro groups is 1. The lowest BCUT2D eigenvalue weighted by Gasteiger charge is -2.26. The molecule has 1 N–H and O–H groups in total. The topological polar surface area (TPSA) is 127 Å². The second kappa shape index (κ2) is 11.1. The molecule has 3 aromatic carbocycles. The second-order valence-electron chi connectivity index (χ2n) is 8.98. The number of nitro benzene ring substituents is 1. The van der Waals surface area contributed by atoms with Crippen LogP contribution in [0.5, 0.6) is 0 Å². The van der Waals surface area contributed by atoms with Crippen molar-refractivity contribution in [3.05, 3.63) is 116 Å². The van der Waals surface area contributed by atoms with Gasteiger partial charge in [0.2, 0.25) is 0 Å². The zero-order chi connectivity index (χ0) is 27.4. The van der Waals surface area contributed by atoms with Crippen molar-refractivity contribution < 1.29 is 29.2 Å². The summed E-state index contributed by atoms with van der Waals surface area (Å²) >= 11 is 0. The number of aliphatic hydroxyl groups excluding tert-OH is 1. The zero-order valence-electron chi connectivity index (χ0n) is 20.9. The molecule has 9 nitrogen and oxygen atoms in total. The van der Waals surface area contributed by atoms with Crippen LogP contribution in [0.15, 0.2) is 78.4 Å². The highest BCUT2D eigenvalue weighted by Gasteiger charge is 2.46. The number of rotatable bonds is 8. The maximum absolute atomic E-state index is 13.2. The van der Waals surface area contributed by atoms with Gasteiger partial charge in [-0.1, -0.05) is 48.9 Å². The molecule has 194 valence electrons. The van der Waals surface area contributed by atoms with Crippen molar-refractivity contribution in [1.82, 2.24) is 4.90 Å². The molecule has 1 saturated heterocycles. The Labute approximate surface area is 219 Å². The molecule has 1 atom stereocenters. The maximum atomic E-state index is 13.2. The van der Waals surface area contributed by atoms with Crippen LogP contribution in [0.2, 0.25) is 0 Å². The van der Waals surface area contributed by atoms with Crippen molar-refractivity contribution in [2.24, 2.45) is 0 Å². The van der Waals surface area contributed by atoms with E-state index in [0.717, 1.165) is 5.56 Å². The van der Waals surface area contributed by atoms with E-state index in [1.54, 1.807) is 36.4 Å². The number of hydrogen-bond donors (Lipinski definition) is 1. The molecule has 4 rings (SSSR count). The number of esters is 1. The molecule has 9 heteroatoms. The van der Waals surface area contributed by atoms with Crippen LogP contribution >= 0.6 is 0 Å². The lowest BCUT2D eigenvalue weighted by molar-refractivity contribution is -0.384. The summed E-state index contributed by atoms with van der Waals surface area (Å²) in [7, 11) is 0.